The van der Waals surface area contributed by atoms with Crippen molar-refractivity contribution in [2.24, 2.45) is 7.05 Å². The van der Waals surface area contributed by atoms with Gasteiger partial charge in [-0.25, -0.2) is 4.98 Å². The van der Waals surface area contributed by atoms with E-state index < -0.39 is 0 Å². The molecule has 0 aliphatic rings. The summed E-state index contributed by atoms with van der Waals surface area (Å²) >= 11 is 0. The van der Waals surface area contributed by atoms with E-state index in [2.05, 4.69) is 15.3 Å². The second-order valence-electron chi connectivity index (χ2n) is 4.69. The van der Waals surface area contributed by atoms with Gasteiger partial charge >= 0.3 is 0 Å². The van der Waals surface area contributed by atoms with Gasteiger partial charge in [-0.2, -0.15) is 0 Å². The number of aryl methyl sites for hydroxylation is 4. The number of pyridine rings is 1. The number of carbonyl (C=O) groups is 1. The van der Waals surface area contributed by atoms with Crippen molar-refractivity contribution in [3.05, 3.63) is 51.3 Å². The summed E-state index contributed by atoms with van der Waals surface area (Å²) in [5, 5.41) is 2.55. The molecule has 0 spiro atoms. The first-order chi connectivity index (χ1) is 9.40. The lowest BCUT2D eigenvalue weighted by Gasteiger charge is -2.10. The molecule has 2 rings (SSSR count). The third-order valence-corrected chi connectivity index (χ3v) is 3.00. The van der Waals surface area contributed by atoms with Gasteiger partial charge in [0.25, 0.3) is 11.5 Å². The van der Waals surface area contributed by atoms with E-state index in [4.69, 9.17) is 0 Å². The van der Waals surface area contributed by atoms with Crippen LogP contribution >= 0.6 is 0 Å². The third kappa shape index (κ3) is 2.59. The zero-order chi connectivity index (χ0) is 14.9. The Kier molecular flexibility index (Phi) is 3.65. The fourth-order valence-electron chi connectivity index (χ4n) is 2.12. The normalized spacial score (nSPS) is 10.4. The Morgan fingerprint density at radius 3 is 2.65 bits per heavy atom. The zero-order valence-electron chi connectivity index (χ0n) is 11.9. The Hall–Kier alpha value is -2.50. The predicted molar refractivity (Wildman–Crippen MR) is 75.9 cm³/mol. The molecule has 0 radical (unpaired) electrons. The topological polar surface area (TPSA) is 76.9 Å². The molecule has 0 atom stereocenters. The van der Waals surface area contributed by atoms with E-state index in [0.717, 1.165) is 11.3 Å². The van der Waals surface area contributed by atoms with Crippen LogP contribution in [0.5, 0.6) is 0 Å². The van der Waals surface area contributed by atoms with Crippen LogP contribution < -0.4 is 10.9 Å². The highest BCUT2D eigenvalue weighted by Gasteiger charge is 2.16. The second-order valence-corrected chi connectivity index (χ2v) is 4.69. The van der Waals surface area contributed by atoms with Gasteiger partial charge in [-0.3, -0.25) is 14.6 Å². The lowest BCUT2D eigenvalue weighted by molar-refractivity contribution is 0.102. The van der Waals surface area contributed by atoms with Gasteiger partial charge in [0.1, 0.15) is 0 Å². The molecule has 0 aliphatic carbocycles. The molecule has 20 heavy (non-hydrogen) atoms. The summed E-state index contributed by atoms with van der Waals surface area (Å²) in [7, 11) is 1.60. The first-order valence-corrected chi connectivity index (χ1v) is 6.18. The van der Waals surface area contributed by atoms with Gasteiger partial charge in [0, 0.05) is 25.1 Å². The van der Waals surface area contributed by atoms with E-state index in [9.17, 15) is 9.59 Å². The van der Waals surface area contributed by atoms with Crippen LogP contribution in [-0.2, 0) is 7.05 Å². The van der Waals surface area contributed by atoms with Crippen molar-refractivity contribution in [3.8, 4) is 0 Å². The zero-order valence-corrected chi connectivity index (χ0v) is 11.9. The summed E-state index contributed by atoms with van der Waals surface area (Å²) in [6, 6.07) is 1.83. The first-order valence-electron chi connectivity index (χ1n) is 6.18. The highest BCUT2D eigenvalue weighted by atomic mass is 16.2. The van der Waals surface area contributed by atoms with Crippen molar-refractivity contribution in [1.29, 1.82) is 0 Å². The van der Waals surface area contributed by atoms with Crippen LogP contribution in [0.2, 0.25) is 0 Å². The Balaban J connectivity index is 2.39. The molecule has 0 bridgehead atoms. The van der Waals surface area contributed by atoms with E-state index in [-0.39, 0.29) is 17.3 Å². The molecule has 0 unspecified atom stereocenters. The van der Waals surface area contributed by atoms with Gasteiger partial charge in [-0.15, -0.1) is 0 Å². The quantitative estimate of drug-likeness (QED) is 0.895. The second kappa shape index (κ2) is 5.24. The van der Waals surface area contributed by atoms with Crippen LogP contribution in [0.25, 0.3) is 0 Å². The lowest BCUT2D eigenvalue weighted by Crippen LogP contribution is -2.26. The molecule has 0 aromatic carbocycles. The van der Waals surface area contributed by atoms with E-state index in [1.54, 1.807) is 14.0 Å². The summed E-state index contributed by atoms with van der Waals surface area (Å²) in [5.41, 5.74) is 2.43. The summed E-state index contributed by atoms with van der Waals surface area (Å²) in [4.78, 5) is 32.3. The molecule has 2 heterocycles. The fourth-order valence-corrected chi connectivity index (χ4v) is 2.12. The van der Waals surface area contributed by atoms with Crippen molar-refractivity contribution < 1.29 is 4.79 Å². The molecule has 0 aliphatic heterocycles. The van der Waals surface area contributed by atoms with Gasteiger partial charge in [-0.05, 0) is 32.4 Å². The van der Waals surface area contributed by atoms with Crippen LogP contribution in [-0.4, -0.2) is 20.4 Å². The molecule has 6 heteroatoms. The Morgan fingerprint density at radius 2 is 2.00 bits per heavy atom. The van der Waals surface area contributed by atoms with Crippen LogP contribution in [0.3, 0.4) is 0 Å². The highest BCUT2D eigenvalue weighted by molar-refractivity contribution is 6.05. The van der Waals surface area contributed by atoms with Gasteiger partial charge in [0.2, 0.25) is 0 Å². The van der Waals surface area contributed by atoms with Gasteiger partial charge in [0.15, 0.2) is 5.82 Å². The monoisotopic (exact) mass is 272 g/mol. The molecule has 0 saturated carbocycles. The highest BCUT2D eigenvalue weighted by Crippen LogP contribution is 2.14. The maximum absolute atomic E-state index is 12.3. The number of nitrogens with one attached hydrogen (secondary N) is 1. The number of hydrogen-bond donors (Lipinski definition) is 1. The summed E-state index contributed by atoms with van der Waals surface area (Å²) in [5.74, 6) is -0.359. The molecule has 104 valence electrons. The number of carbonyl (C=O) groups excluding carboxylic acids is 1. The molecule has 1 N–H and O–H groups in total. The van der Waals surface area contributed by atoms with Crippen molar-refractivity contribution in [2.45, 2.75) is 20.8 Å². The average Bonchev–Trinajstić information content (AvgIpc) is 2.33. The average molecular weight is 272 g/mol. The van der Waals surface area contributed by atoms with Crippen molar-refractivity contribution in [3.63, 3.8) is 0 Å². The van der Waals surface area contributed by atoms with E-state index in [0.29, 0.717) is 11.3 Å². The molecule has 1 amide bonds. The van der Waals surface area contributed by atoms with Crippen molar-refractivity contribution in [2.75, 3.05) is 5.32 Å². The van der Waals surface area contributed by atoms with Crippen molar-refractivity contribution >= 4 is 11.7 Å². The van der Waals surface area contributed by atoms with Crippen LogP contribution in [0.15, 0.2) is 23.3 Å². The number of rotatable bonds is 2. The van der Waals surface area contributed by atoms with Gasteiger partial charge in [0.05, 0.1) is 11.3 Å². The number of hydrogen-bond acceptors (Lipinski definition) is 4. The molecule has 2 aromatic heterocycles. The molecule has 6 nitrogen and oxygen atoms in total. The molecule has 2 aromatic rings. The van der Waals surface area contributed by atoms with E-state index >= 15 is 0 Å². The SMILES string of the molecule is Cc1cc(C)c(C(=O)Nc2nccn(C)c2=O)c(C)n1. The Morgan fingerprint density at radius 1 is 1.30 bits per heavy atom. The molecular formula is C14H16N4O2. The minimum atomic E-state index is -0.372. The summed E-state index contributed by atoms with van der Waals surface area (Å²) in [6.45, 7) is 5.48. The van der Waals surface area contributed by atoms with Gasteiger partial charge < -0.3 is 9.88 Å². The third-order valence-electron chi connectivity index (χ3n) is 3.00. The predicted octanol–water partition coefficient (Wildman–Crippen LogP) is 1.35. The Labute approximate surface area is 116 Å². The van der Waals surface area contributed by atoms with Crippen molar-refractivity contribution in [1.82, 2.24) is 14.5 Å². The van der Waals surface area contributed by atoms with Crippen LogP contribution in [0.4, 0.5) is 5.82 Å². The first kappa shape index (κ1) is 13.9. The summed E-state index contributed by atoms with van der Waals surface area (Å²) in [6.07, 6.45) is 2.99. The largest absolute Gasteiger partial charge is 0.314 e. The standard InChI is InChI=1S/C14H16N4O2/c1-8-7-9(2)16-10(3)11(8)13(19)17-12-14(20)18(4)6-5-15-12/h5-7H,1-4H3,(H,15,17,19). The van der Waals surface area contributed by atoms with Crippen LogP contribution in [0.1, 0.15) is 27.3 Å². The number of aromatic nitrogens is 3. The minimum absolute atomic E-state index is 0.0133. The molecule has 0 saturated heterocycles. The van der Waals surface area contributed by atoms with E-state index in [1.807, 2.05) is 19.9 Å². The maximum atomic E-state index is 12.3. The number of amides is 1. The fraction of sp³-hybridized carbons (Fsp3) is 0.286. The number of anilines is 1. The Bertz CT molecular complexity index is 711. The van der Waals surface area contributed by atoms with E-state index in [1.165, 1.54) is 17.0 Å². The molecule has 0 fully saturated rings. The van der Waals surface area contributed by atoms with Gasteiger partial charge in [-0.1, -0.05) is 0 Å². The minimum Gasteiger partial charge on any atom is -0.314 e. The number of nitrogens with zero attached hydrogens (tertiary/aromatic N) is 3. The molecular weight excluding hydrogens is 256 g/mol. The maximum Gasteiger partial charge on any atom is 0.293 e. The van der Waals surface area contributed by atoms with Crippen LogP contribution in [0, 0.1) is 20.8 Å². The summed E-state index contributed by atoms with van der Waals surface area (Å²) < 4.78 is 1.36. The lowest BCUT2D eigenvalue weighted by atomic mass is 10.1. The smallest absolute Gasteiger partial charge is 0.293 e.